The van der Waals surface area contributed by atoms with Gasteiger partial charge in [0.15, 0.2) is 9.84 Å². The number of likely N-dealkylation sites (N-methyl/N-ethyl adjacent to an activating group) is 1. The molecular weight excluding hydrogens is 332 g/mol. The van der Waals surface area contributed by atoms with Crippen LogP contribution in [0.4, 0.5) is 0 Å². The van der Waals surface area contributed by atoms with Crippen LogP contribution in [0.1, 0.15) is 37.8 Å². The highest BCUT2D eigenvalue weighted by Gasteiger charge is 2.38. The van der Waals surface area contributed by atoms with Crippen molar-refractivity contribution < 1.29 is 13.2 Å². The molecule has 23 heavy (non-hydrogen) atoms. The zero-order valence-corrected chi connectivity index (χ0v) is 15.3. The minimum atomic E-state index is -2.97. The molecule has 0 bridgehead atoms. The molecule has 7 heteroatoms. The molecule has 0 radical (unpaired) electrons. The van der Waals surface area contributed by atoms with Gasteiger partial charge in [-0.05, 0) is 55.1 Å². The van der Waals surface area contributed by atoms with Gasteiger partial charge in [-0.3, -0.25) is 9.69 Å². The summed E-state index contributed by atoms with van der Waals surface area (Å²) in [4.78, 5) is 16.8. The van der Waals surface area contributed by atoms with Crippen molar-refractivity contribution in [3.05, 3.63) is 22.4 Å². The molecular formula is C16H24N2O3S2. The molecule has 0 aliphatic carbocycles. The first-order chi connectivity index (χ1) is 10.9. The third kappa shape index (κ3) is 3.46. The molecule has 3 unspecified atom stereocenters. The van der Waals surface area contributed by atoms with Crippen molar-refractivity contribution in [3.63, 3.8) is 0 Å². The fourth-order valence-electron chi connectivity index (χ4n) is 3.77. The number of carbonyl (C=O) groups is 1. The van der Waals surface area contributed by atoms with Crippen molar-refractivity contribution in [1.29, 1.82) is 0 Å². The molecule has 3 rings (SSSR count). The molecule has 0 N–H and O–H groups in total. The number of carbonyl (C=O) groups excluding carboxylic acids is 1. The van der Waals surface area contributed by atoms with Gasteiger partial charge in [0.05, 0.1) is 17.5 Å². The molecule has 2 aliphatic rings. The Morgan fingerprint density at radius 3 is 2.83 bits per heavy atom. The number of rotatable bonds is 4. The standard InChI is InChI=1S/C16H24N2O3S2/c1-12(16(19)17(2)14-6-9-23(20,21)11-14)18-7-3-4-15(18)13-5-8-22-10-13/h5,8,10,12,14-15H,3-4,6-7,9,11H2,1-2H3. The van der Waals surface area contributed by atoms with Gasteiger partial charge in [0.1, 0.15) is 0 Å². The molecule has 1 aromatic heterocycles. The summed E-state index contributed by atoms with van der Waals surface area (Å²) in [7, 11) is -1.22. The highest BCUT2D eigenvalue weighted by atomic mass is 32.2. The van der Waals surface area contributed by atoms with Crippen LogP contribution in [0.15, 0.2) is 16.8 Å². The molecule has 2 aliphatic heterocycles. The zero-order chi connectivity index (χ0) is 16.6. The first-order valence-electron chi connectivity index (χ1n) is 8.14. The number of nitrogens with zero attached hydrogens (tertiary/aromatic N) is 2. The average Bonchev–Trinajstić information content (AvgIpc) is 3.23. The van der Waals surface area contributed by atoms with E-state index in [1.54, 1.807) is 23.3 Å². The van der Waals surface area contributed by atoms with Gasteiger partial charge in [-0.1, -0.05) is 0 Å². The Kier molecular flexibility index (Phi) is 4.80. The third-order valence-electron chi connectivity index (χ3n) is 5.18. The van der Waals surface area contributed by atoms with Crippen LogP contribution >= 0.6 is 11.3 Å². The van der Waals surface area contributed by atoms with Gasteiger partial charge in [0, 0.05) is 19.1 Å². The lowest BCUT2D eigenvalue weighted by molar-refractivity contribution is -0.137. The first-order valence-corrected chi connectivity index (χ1v) is 10.9. The minimum Gasteiger partial charge on any atom is -0.340 e. The second-order valence-corrected chi connectivity index (χ2v) is 9.64. The zero-order valence-electron chi connectivity index (χ0n) is 13.6. The minimum absolute atomic E-state index is 0.0363. The van der Waals surface area contributed by atoms with Crippen LogP contribution in [-0.2, 0) is 14.6 Å². The van der Waals surface area contributed by atoms with Crippen molar-refractivity contribution in [2.24, 2.45) is 0 Å². The number of amides is 1. The van der Waals surface area contributed by atoms with Crippen LogP contribution in [0.5, 0.6) is 0 Å². The number of sulfone groups is 1. The topological polar surface area (TPSA) is 57.7 Å². The van der Waals surface area contributed by atoms with Crippen LogP contribution < -0.4 is 0 Å². The Hall–Kier alpha value is -0.920. The number of likely N-dealkylation sites (tertiary alicyclic amines) is 1. The molecule has 128 valence electrons. The van der Waals surface area contributed by atoms with Gasteiger partial charge in [-0.15, -0.1) is 0 Å². The SMILES string of the molecule is CC(C(=O)N(C)C1CCS(=O)(=O)C1)N1CCCC1c1ccsc1. The Morgan fingerprint density at radius 2 is 2.22 bits per heavy atom. The van der Waals surface area contributed by atoms with Crippen LogP contribution in [-0.4, -0.2) is 61.3 Å². The summed E-state index contributed by atoms with van der Waals surface area (Å²) in [6.07, 6.45) is 2.74. The Morgan fingerprint density at radius 1 is 1.43 bits per heavy atom. The molecule has 3 heterocycles. The quantitative estimate of drug-likeness (QED) is 0.827. The van der Waals surface area contributed by atoms with Gasteiger partial charge >= 0.3 is 0 Å². The lowest BCUT2D eigenvalue weighted by atomic mass is 10.1. The van der Waals surface area contributed by atoms with Crippen molar-refractivity contribution >= 4 is 27.1 Å². The van der Waals surface area contributed by atoms with Gasteiger partial charge < -0.3 is 4.90 Å². The monoisotopic (exact) mass is 356 g/mol. The Balaban J connectivity index is 1.69. The predicted molar refractivity (Wildman–Crippen MR) is 92.3 cm³/mol. The number of hydrogen-bond acceptors (Lipinski definition) is 5. The summed E-state index contributed by atoms with van der Waals surface area (Å²) in [5.74, 6) is 0.343. The van der Waals surface area contributed by atoms with Crippen LogP contribution in [0.3, 0.4) is 0 Å². The van der Waals surface area contributed by atoms with E-state index in [9.17, 15) is 13.2 Å². The highest BCUT2D eigenvalue weighted by molar-refractivity contribution is 7.91. The number of thiophene rings is 1. The molecule has 1 amide bonds. The van der Waals surface area contributed by atoms with Gasteiger partial charge in [0.2, 0.25) is 5.91 Å². The Bertz CT molecular complexity index is 657. The van der Waals surface area contributed by atoms with Gasteiger partial charge in [0.25, 0.3) is 0 Å². The maximum atomic E-state index is 12.8. The number of hydrogen-bond donors (Lipinski definition) is 0. The summed E-state index contributed by atoms with van der Waals surface area (Å²) in [6.45, 7) is 2.87. The maximum Gasteiger partial charge on any atom is 0.239 e. The fourth-order valence-corrected chi connectivity index (χ4v) is 6.25. The summed E-state index contributed by atoms with van der Waals surface area (Å²) in [6, 6.07) is 2.06. The third-order valence-corrected chi connectivity index (χ3v) is 7.63. The molecule has 1 aromatic rings. The van der Waals surface area contributed by atoms with Gasteiger partial charge in [-0.25, -0.2) is 8.42 Å². The van der Waals surface area contributed by atoms with E-state index in [1.807, 2.05) is 6.92 Å². The lowest BCUT2D eigenvalue weighted by Gasteiger charge is -2.34. The average molecular weight is 357 g/mol. The van der Waals surface area contributed by atoms with E-state index in [0.29, 0.717) is 12.5 Å². The normalized spacial score (nSPS) is 28.8. The van der Waals surface area contributed by atoms with Crippen LogP contribution in [0, 0.1) is 0 Å². The second-order valence-electron chi connectivity index (χ2n) is 6.63. The Labute approximate surface area is 142 Å². The summed E-state index contributed by atoms with van der Waals surface area (Å²) in [5, 5.41) is 4.24. The van der Waals surface area contributed by atoms with E-state index in [0.717, 1.165) is 19.4 Å². The molecule has 5 nitrogen and oxygen atoms in total. The van der Waals surface area contributed by atoms with Crippen molar-refractivity contribution in [1.82, 2.24) is 9.80 Å². The lowest BCUT2D eigenvalue weighted by Crippen LogP contribution is -2.49. The van der Waals surface area contributed by atoms with Crippen LogP contribution in [0.25, 0.3) is 0 Å². The smallest absolute Gasteiger partial charge is 0.239 e. The van der Waals surface area contributed by atoms with Crippen molar-refractivity contribution in [2.45, 2.75) is 44.3 Å². The maximum absolute atomic E-state index is 12.8. The molecule has 0 saturated carbocycles. The van der Waals surface area contributed by atoms with E-state index < -0.39 is 9.84 Å². The van der Waals surface area contributed by atoms with Crippen molar-refractivity contribution in [2.75, 3.05) is 25.1 Å². The van der Waals surface area contributed by atoms with E-state index in [2.05, 4.69) is 21.7 Å². The van der Waals surface area contributed by atoms with Crippen molar-refractivity contribution in [3.8, 4) is 0 Å². The second kappa shape index (κ2) is 6.53. The first kappa shape index (κ1) is 16.9. The van der Waals surface area contributed by atoms with Crippen LogP contribution in [0.2, 0.25) is 0 Å². The molecule has 2 fully saturated rings. The molecule has 2 saturated heterocycles. The molecule has 0 spiro atoms. The summed E-state index contributed by atoms with van der Waals surface area (Å²) < 4.78 is 23.3. The van der Waals surface area contributed by atoms with E-state index in [-0.39, 0.29) is 29.5 Å². The van der Waals surface area contributed by atoms with E-state index in [1.165, 1.54) is 5.56 Å². The summed E-state index contributed by atoms with van der Waals surface area (Å²) in [5.41, 5.74) is 1.29. The van der Waals surface area contributed by atoms with Gasteiger partial charge in [-0.2, -0.15) is 11.3 Å². The summed E-state index contributed by atoms with van der Waals surface area (Å²) >= 11 is 1.69. The molecule has 3 atom stereocenters. The highest BCUT2D eigenvalue weighted by Crippen LogP contribution is 2.35. The predicted octanol–water partition coefficient (Wildman–Crippen LogP) is 1.92. The molecule has 0 aromatic carbocycles. The largest absolute Gasteiger partial charge is 0.340 e. The van der Waals surface area contributed by atoms with E-state index in [4.69, 9.17) is 0 Å². The fraction of sp³-hybridized carbons (Fsp3) is 0.688. The van der Waals surface area contributed by atoms with E-state index >= 15 is 0 Å².